The van der Waals surface area contributed by atoms with Gasteiger partial charge in [-0.3, -0.25) is 4.79 Å². The minimum absolute atomic E-state index is 0.104. The molecule has 1 fully saturated rings. The molecule has 8 heteroatoms. The summed E-state index contributed by atoms with van der Waals surface area (Å²) in [6.45, 7) is 1.79. The molecule has 0 saturated carbocycles. The van der Waals surface area contributed by atoms with Crippen LogP contribution in [-0.2, 0) is 6.61 Å². The highest BCUT2D eigenvalue weighted by molar-refractivity contribution is 5.92. The van der Waals surface area contributed by atoms with Crippen LogP contribution < -0.4 is 14.2 Å². The number of carbonyl (C=O) groups excluding carboxylic acids is 1. The van der Waals surface area contributed by atoms with Crippen molar-refractivity contribution in [3.8, 4) is 17.2 Å². The largest absolute Gasteiger partial charge is 0.484 e. The van der Waals surface area contributed by atoms with Gasteiger partial charge in [0.15, 0.2) is 23.8 Å². The number of likely N-dealkylation sites (tertiary alicyclic amines) is 1. The van der Waals surface area contributed by atoms with E-state index in [1.165, 1.54) is 6.26 Å². The Kier molecular flexibility index (Phi) is 4.42. The lowest BCUT2D eigenvalue weighted by Crippen LogP contribution is -2.34. The summed E-state index contributed by atoms with van der Waals surface area (Å²) < 4.78 is 21.6. The predicted octanol–water partition coefficient (Wildman–Crippen LogP) is 1.76. The van der Waals surface area contributed by atoms with Crippen LogP contribution in [0.15, 0.2) is 28.9 Å². The van der Waals surface area contributed by atoms with Crippen LogP contribution in [0.25, 0.3) is 0 Å². The summed E-state index contributed by atoms with van der Waals surface area (Å²) in [5, 5.41) is 0. The summed E-state index contributed by atoms with van der Waals surface area (Å²) in [6.07, 6.45) is 2.36. The van der Waals surface area contributed by atoms with Crippen molar-refractivity contribution < 1.29 is 23.4 Å². The number of carbonyl (C=O) groups is 1. The molecule has 0 N–H and O–H groups in total. The maximum Gasteiger partial charge on any atom is 0.275 e. The second-order valence-electron chi connectivity index (χ2n) is 6.59. The normalized spacial score (nSPS) is 18.6. The van der Waals surface area contributed by atoms with Gasteiger partial charge in [0, 0.05) is 25.2 Å². The zero-order chi connectivity index (χ0) is 18.1. The van der Waals surface area contributed by atoms with Crippen molar-refractivity contribution in [1.82, 2.24) is 14.8 Å². The van der Waals surface area contributed by atoms with E-state index in [0.717, 1.165) is 13.0 Å². The van der Waals surface area contributed by atoms with E-state index < -0.39 is 0 Å². The van der Waals surface area contributed by atoms with Crippen molar-refractivity contribution in [3.63, 3.8) is 0 Å². The molecule has 0 spiro atoms. The van der Waals surface area contributed by atoms with Crippen molar-refractivity contribution in [2.75, 3.05) is 34.0 Å². The summed E-state index contributed by atoms with van der Waals surface area (Å²) in [6, 6.07) is 5.72. The molecule has 0 bridgehead atoms. The summed E-state index contributed by atoms with van der Waals surface area (Å²) in [5.74, 6) is 2.22. The fraction of sp³-hybridized carbons (Fsp3) is 0.444. The van der Waals surface area contributed by atoms with Crippen LogP contribution in [-0.4, -0.2) is 60.7 Å². The topological polar surface area (TPSA) is 77.3 Å². The van der Waals surface area contributed by atoms with E-state index in [0.29, 0.717) is 41.4 Å². The molecule has 138 valence electrons. The van der Waals surface area contributed by atoms with Crippen LogP contribution in [0.5, 0.6) is 17.2 Å². The van der Waals surface area contributed by atoms with Gasteiger partial charge >= 0.3 is 0 Å². The van der Waals surface area contributed by atoms with E-state index in [1.54, 1.807) is 18.2 Å². The summed E-state index contributed by atoms with van der Waals surface area (Å²) in [7, 11) is 4.06. The molecule has 1 atom stereocenters. The Hall–Kier alpha value is -2.74. The number of hydrogen-bond donors (Lipinski definition) is 0. The lowest BCUT2D eigenvalue weighted by Gasteiger charge is -2.19. The molecule has 4 rings (SSSR count). The number of aromatic nitrogens is 1. The second-order valence-corrected chi connectivity index (χ2v) is 6.59. The van der Waals surface area contributed by atoms with Crippen molar-refractivity contribution >= 4 is 5.91 Å². The fourth-order valence-electron chi connectivity index (χ4n) is 3.10. The maximum absolute atomic E-state index is 12.5. The Balaban J connectivity index is 1.35. The third-order valence-corrected chi connectivity index (χ3v) is 4.66. The molecule has 2 aromatic rings. The summed E-state index contributed by atoms with van der Waals surface area (Å²) in [4.78, 5) is 20.8. The molecule has 1 aromatic heterocycles. The minimum atomic E-state index is -0.104. The van der Waals surface area contributed by atoms with Crippen LogP contribution >= 0.6 is 0 Å². The Morgan fingerprint density at radius 3 is 3.00 bits per heavy atom. The molecule has 1 aromatic carbocycles. The Morgan fingerprint density at radius 2 is 2.19 bits per heavy atom. The average Bonchev–Trinajstić information content (AvgIpc) is 3.38. The third kappa shape index (κ3) is 3.32. The van der Waals surface area contributed by atoms with Gasteiger partial charge in [-0.05, 0) is 32.6 Å². The van der Waals surface area contributed by atoms with E-state index in [4.69, 9.17) is 18.6 Å². The van der Waals surface area contributed by atoms with E-state index in [2.05, 4.69) is 9.88 Å². The number of likely N-dealkylation sites (N-methyl/N-ethyl adjacent to an activating group) is 1. The Labute approximate surface area is 151 Å². The first kappa shape index (κ1) is 16.7. The SMILES string of the molecule is CN(C)C1CCN(C(=O)c2coc(COc3ccc4c(c3)OCO4)n2)C1. The zero-order valence-corrected chi connectivity index (χ0v) is 14.8. The first-order valence-electron chi connectivity index (χ1n) is 8.53. The van der Waals surface area contributed by atoms with Crippen LogP contribution in [0.4, 0.5) is 0 Å². The minimum Gasteiger partial charge on any atom is -0.484 e. The monoisotopic (exact) mass is 359 g/mol. The molecule has 2 aliphatic rings. The van der Waals surface area contributed by atoms with Crippen LogP contribution in [0.1, 0.15) is 22.8 Å². The number of hydrogen-bond acceptors (Lipinski definition) is 7. The number of amides is 1. The van der Waals surface area contributed by atoms with E-state index in [-0.39, 0.29) is 19.3 Å². The fourth-order valence-corrected chi connectivity index (χ4v) is 3.10. The first-order chi connectivity index (χ1) is 12.6. The van der Waals surface area contributed by atoms with Crippen molar-refractivity contribution in [1.29, 1.82) is 0 Å². The van der Waals surface area contributed by atoms with Gasteiger partial charge < -0.3 is 28.4 Å². The highest BCUT2D eigenvalue weighted by Crippen LogP contribution is 2.35. The molecule has 0 aliphatic carbocycles. The predicted molar refractivity (Wildman–Crippen MR) is 91.4 cm³/mol. The van der Waals surface area contributed by atoms with Crippen LogP contribution in [0, 0.1) is 0 Å². The molecule has 1 unspecified atom stereocenters. The molecule has 0 radical (unpaired) electrons. The summed E-state index contributed by atoms with van der Waals surface area (Å²) >= 11 is 0. The summed E-state index contributed by atoms with van der Waals surface area (Å²) in [5.41, 5.74) is 0.314. The Bertz CT molecular complexity index is 804. The van der Waals surface area contributed by atoms with Gasteiger partial charge in [-0.15, -0.1) is 0 Å². The molecule has 2 aliphatic heterocycles. The molecular weight excluding hydrogens is 338 g/mol. The number of fused-ring (bicyclic) bond motifs is 1. The van der Waals surface area contributed by atoms with Gasteiger partial charge in [-0.1, -0.05) is 0 Å². The molecule has 3 heterocycles. The quantitative estimate of drug-likeness (QED) is 0.805. The number of oxazole rings is 1. The molecular formula is C18H21N3O5. The highest BCUT2D eigenvalue weighted by atomic mass is 16.7. The number of nitrogens with zero attached hydrogens (tertiary/aromatic N) is 3. The smallest absolute Gasteiger partial charge is 0.275 e. The van der Waals surface area contributed by atoms with Gasteiger partial charge in [0.05, 0.1) is 0 Å². The average molecular weight is 359 g/mol. The number of ether oxygens (including phenoxy) is 3. The first-order valence-corrected chi connectivity index (χ1v) is 8.53. The van der Waals surface area contributed by atoms with Crippen molar-refractivity contribution in [3.05, 3.63) is 36.0 Å². The van der Waals surface area contributed by atoms with E-state index in [1.807, 2.05) is 19.0 Å². The van der Waals surface area contributed by atoms with Gasteiger partial charge in [0.1, 0.15) is 12.0 Å². The van der Waals surface area contributed by atoms with E-state index in [9.17, 15) is 4.79 Å². The molecule has 8 nitrogen and oxygen atoms in total. The molecule has 26 heavy (non-hydrogen) atoms. The van der Waals surface area contributed by atoms with Crippen LogP contribution in [0.2, 0.25) is 0 Å². The van der Waals surface area contributed by atoms with Crippen molar-refractivity contribution in [2.24, 2.45) is 0 Å². The second kappa shape index (κ2) is 6.87. The highest BCUT2D eigenvalue weighted by Gasteiger charge is 2.29. The van der Waals surface area contributed by atoms with Gasteiger partial charge in [0.25, 0.3) is 5.91 Å². The number of benzene rings is 1. The Morgan fingerprint density at radius 1 is 1.35 bits per heavy atom. The van der Waals surface area contributed by atoms with Gasteiger partial charge in [-0.25, -0.2) is 4.98 Å². The molecule has 1 amide bonds. The van der Waals surface area contributed by atoms with E-state index >= 15 is 0 Å². The van der Waals surface area contributed by atoms with Crippen LogP contribution in [0.3, 0.4) is 0 Å². The van der Waals surface area contributed by atoms with Gasteiger partial charge in [0.2, 0.25) is 12.7 Å². The number of rotatable bonds is 5. The lowest BCUT2D eigenvalue weighted by atomic mass is 10.2. The third-order valence-electron chi connectivity index (χ3n) is 4.66. The standard InChI is InChI=1S/C18H21N3O5/c1-20(2)12-5-6-21(8-12)18(22)14-9-24-17(19-14)10-23-13-3-4-15-16(7-13)26-11-25-15/h3-4,7,9,12H,5-6,8,10-11H2,1-2H3. The molecule has 1 saturated heterocycles. The maximum atomic E-state index is 12.5. The zero-order valence-electron chi connectivity index (χ0n) is 14.8. The van der Waals surface area contributed by atoms with Crippen molar-refractivity contribution in [2.45, 2.75) is 19.1 Å². The lowest BCUT2D eigenvalue weighted by molar-refractivity contribution is 0.0777. The van der Waals surface area contributed by atoms with Gasteiger partial charge in [-0.2, -0.15) is 0 Å².